The molecule has 1 N–H and O–H groups in total. The molecule has 1 aromatic heterocycles. The Morgan fingerprint density at radius 1 is 0.828 bits per heavy atom. The zero-order chi connectivity index (χ0) is 20.2. The van der Waals surface area contributed by atoms with Crippen molar-refractivity contribution in [2.75, 3.05) is 41.3 Å². The summed E-state index contributed by atoms with van der Waals surface area (Å²) in [4.78, 5) is 21.5. The quantitative estimate of drug-likeness (QED) is 0.727. The molecule has 1 aliphatic heterocycles. The summed E-state index contributed by atoms with van der Waals surface area (Å²) in [6, 6.07) is 20.2. The molecule has 0 atom stereocenters. The average molecular weight is 386 g/mol. The van der Waals surface area contributed by atoms with Gasteiger partial charge in [-0.15, -0.1) is 0 Å². The van der Waals surface area contributed by atoms with Crippen LogP contribution in [-0.2, 0) is 0 Å². The molecule has 1 saturated heterocycles. The molecular weight excluding hydrogens is 360 g/mol. The van der Waals surface area contributed by atoms with E-state index < -0.39 is 0 Å². The maximum atomic E-state index is 12.4. The number of benzene rings is 2. The van der Waals surface area contributed by atoms with E-state index in [4.69, 9.17) is 0 Å². The second-order valence-electron chi connectivity index (χ2n) is 7.53. The van der Waals surface area contributed by atoms with Gasteiger partial charge in [-0.1, -0.05) is 29.8 Å². The van der Waals surface area contributed by atoms with Crippen molar-refractivity contribution < 1.29 is 4.79 Å². The van der Waals surface area contributed by atoms with Crippen LogP contribution in [0.1, 0.15) is 21.6 Å². The number of amides is 1. The van der Waals surface area contributed by atoms with Gasteiger partial charge in [-0.25, -0.2) is 4.98 Å². The standard InChI is InChI=1S/C24H26N4O/c1-18-6-8-20(9-7-18)26-24(29)23-11-10-22(17-25-23)28-14-12-27(13-15-28)21-5-3-4-19(2)16-21/h3-11,16-17H,12-15H2,1-2H3,(H,26,29). The van der Waals surface area contributed by atoms with Crippen LogP contribution in [0.2, 0.25) is 0 Å². The van der Waals surface area contributed by atoms with Crippen molar-refractivity contribution >= 4 is 23.0 Å². The third-order valence-electron chi connectivity index (χ3n) is 5.30. The summed E-state index contributed by atoms with van der Waals surface area (Å²) >= 11 is 0. The van der Waals surface area contributed by atoms with E-state index in [1.54, 1.807) is 12.3 Å². The molecule has 1 amide bonds. The molecule has 5 nitrogen and oxygen atoms in total. The van der Waals surface area contributed by atoms with Crippen LogP contribution in [0.4, 0.5) is 17.1 Å². The second kappa shape index (κ2) is 8.35. The highest BCUT2D eigenvalue weighted by Crippen LogP contribution is 2.21. The van der Waals surface area contributed by atoms with Crippen molar-refractivity contribution in [3.63, 3.8) is 0 Å². The maximum Gasteiger partial charge on any atom is 0.274 e. The zero-order valence-electron chi connectivity index (χ0n) is 16.9. The first-order valence-electron chi connectivity index (χ1n) is 9.99. The van der Waals surface area contributed by atoms with Gasteiger partial charge < -0.3 is 15.1 Å². The number of piperazine rings is 1. The van der Waals surface area contributed by atoms with Crippen LogP contribution >= 0.6 is 0 Å². The minimum Gasteiger partial charge on any atom is -0.368 e. The third-order valence-corrected chi connectivity index (χ3v) is 5.30. The molecule has 0 bridgehead atoms. The fourth-order valence-electron chi connectivity index (χ4n) is 3.59. The van der Waals surface area contributed by atoms with E-state index >= 15 is 0 Å². The normalized spacial score (nSPS) is 14.0. The average Bonchev–Trinajstić information content (AvgIpc) is 2.75. The molecular formula is C24H26N4O. The predicted molar refractivity (Wildman–Crippen MR) is 119 cm³/mol. The number of nitrogens with zero attached hydrogens (tertiary/aromatic N) is 3. The number of aryl methyl sites for hydroxylation is 2. The van der Waals surface area contributed by atoms with Crippen LogP contribution in [0.25, 0.3) is 0 Å². The molecule has 4 rings (SSSR count). The Morgan fingerprint density at radius 3 is 2.14 bits per heavy atom. The Balaban J connectivity index is 1.36. The van der Waals surface area contributed by atoms with Gasteiger partial charge in [0.05, 0.1) is 11.9 Å². The fraction of sp³-hybridized carbons (Fsp3) is 0.250. The number of hydrogen-bond acceptors (Lipinski definition) is 4. The first-order valence-corrected chi connectivity index (χ1v) is 9.99. The largest absolute Gasteiger partial charge is 0.368 e. The van der Waals surface area contributed by atoms with Crippen molar-refractivity contribution in [2.45, 2.75) is 13.8 Å². The lowest BCUT2D eigenvalue weighted by Gasteiger charge is -2.37. The highest BCUT2D eigenvalue weighted by molar-refractivity contribution is 6.02. The van der Waals surface area contributed by atoms with Gasteiger partial charge in [0.25, 0.3) is 5.91 Å². The van der Waals surface area contributed by atoms with Crippen LogP contribution < -0.4 is 15.1 Å². The van der Waals surface area contributed by atoms with Crippen molar-refractivity contribution in [1.29, 1.82) is 0 Å². The minimum atomic E-state index is -0.190. The van der Waals surface area contributed by atoms with E-state index in [0.29, 0.717) is 5.69 Å². The number of aromatic nitrogens is 1. The molecule has 0 aliphatic carbocycles. The Kier molecular flexibility index (Phi) is 5.47. The molecule has 5 heteroatoms. The van der Waals surface area contributed by atoms with Crippen molar-refractivity contribution in [2.24, 2.45) is 0 Å². The van der Waals surface area contributed by atoms with Gasteiger partial charge >= 0.3 is 0 Å². The first-order chi connectivity index (χ1) is 14.1. The van der Waals surface area contributed by atoms with Gasteiger partial charge in [-0.3, -0.25) is 4.79 Å². The molecule has 0 radical (unpaired) electrons. The van der Waals surface area contributed by atoms with Crippen LogP contribution in [0.5, 0.6) is 0 Å². The van der Waals surface area contributed by atoms with Gasteiger partial charge in [0.1, 0.15) is 5.69 Å². The number of carbonyl (C=O) groups is 1. The van der Waals surface area contributed by atoms with E-state index in [1.165, 1.54) is 11.3 Å². The third kappa shape index (κ3) is 4.57. The SMILES string of the molecule is Cc1ccc(NC(=O)c2ccc(N3CCN(c4cccc(C)c4)CC3)cn2)cc1. The molecule has 2 heterocycles. The van der Waals surface area contributed by atoms with E-state index in [9.17, 15) is 4.79 Å². The summed E-state index contributed by atoms with van der Waals surface area (Å²) in [5.74, 6) is -0.190. The summed E-state index contributed by atoms with van der Waals surface area (Å²) in [6.45, 7) is 7.96. The molecule has 3 aromatic rings. The lowest BCUT2D eigenvalue weighted by Crippen LogP contribution is -2.46. The van der Waals surface area contributed by atoms with Gasteiger partial charge in [0.2, 0.25) is 0 Å². The predicted octanol–water partition coefficient (Wildman–Crippen LogP) is 4.28. The maximum absolute atomic E-state index is 12.4. The summed E-state index contributed by atoms with van der Waals surface area (Å²) in [6.07, 6.45) is 1.80. The van der Waals surface area contributed by atoms with Crippen molar-refractivity contribution in [1.82, 2.24) is 4.98 Å². The summed E-state index contributed by atoms with van der Waals surface area (Å²) in [7, 11) is 0. The highest BCUT2D eigenvalue weighted by Gasteiger charge is 2.18. The smallest absolute Gasteiger partial charge is 0.274 e. The van der Waals surface area contributed by atoms with Crippen molar-refractivity contribution in [3.8, 4) is 0 Å². The zero-order valence-corrected chi connectivity index (χ0v) is 16.9. The fourth-order valence-corrected chi connectivity index (χ4v) is 3.59. The minimum absolute atomic E-state index is 0.190. The summed E-state index contributed by atoms with van der Waals surface area (Å²) in [5, 5.41) is 2.89. The van der Waals surface area contributed by atoms with E-state index in [-0.39, 0.29) is 5.91 Å². The van der Waals surface area contributed by atoms with Gasteiger partial charge in [0, 0.05) is 37.6 Å². The number of carbonyl (C=O) groups excluding carboxylic acids is 1. The molecule has 29 heavy (non-hydrogen) atoms. The Hall–Kier alpha value is -3.34. The number of hydrogen-bond donors (Lipinski definition) is 1. The van der Waals surface area contributed by atoms with E-state index in [2.05, 4.69) is 51.3 Å². The topological polar surface area (TPSA) is 48.5 Å². The van der Waals surface area contributed by atoms with Gasteiger partial charge in [-0.2, -0.15) is 0 Å². The molecule has 2 aromatic carbocycles. The number of rotatable bonds is 4. The Bertz CT molecular complexity index is 975. The lowest BCUT2D eigenvalue weighted by molar-refractivity contribution is 0.102. The second-order valence-corrected chi connectivity index (χ2v) is 7.53. The lowest BCUT2D eigenvalue weighted by atomic mass is 10.2. The molecule has 1 aliphatic rings. The Morgan fingerprint density at radius 2 is 1.52 bits per heavy atom. The van der Waals surface area contributed by atoms with Gasteiger partial charge in [-0.05, 0) is 55.8 Å². The van der Waals surface area contributed by atoms with Crippen molar-refractivity contribution in [3.05, 3.63) is 83.7 Å². The first kappa shape index (κ1) is 19.0. The summed E-state index contributed by atoms with van der Waals surface area (Å²) in [5.41, 5.74) is 5.99. The molecule has 0 saturated carbocycles. The monoisotopic (exact) mass is 386 g/mol. The van der Waals surface area contributed by atoms with Crippen LogP contribution in [0.3, 0.4) is 0 Å². The van der Waals surface area contributed by atoms with E-state index in [0.717, 1.165) is 43.1 Å². The molecule has 148 valence electrons. The Labute approximate surface area is 172 Å². The number of anilines is 3. The van der Waals surface area contributed by atoms with Crippen LogP contribution in [0, 0.1) is 13.8 Å². The number of nitrogens with one attached hydrogen (secondary N) is 1. The van der Waals surface area contributed by atoms with Gasteiger partial charge in [0.15, 0.2) is 0 Å². The summed E-state index contributed by atoms with van der Waals surface area (Å²) < 4.78 is 0. The number of pyridine rings is 1. The molecule has 0 unspecified atom stereocenters. The van der Waals surface area contributed by atoms with E-state index in [1.807, 2.05) is 37.3 Å². The van der Waals surface area contributed by atoms with Crippen LogP contribution in [-0.4, -0.2) is 37.1 Å². The molecule has 0 spiro atoms. The highest BCUT2D eigenvalue weighted by atomic mass is 16.1. The molecule has 1 fully saturated rings. The van der Waals surface area contributed by atoms with Crippen LogP contribution in [0.15, 0.2) is 66.9 Å².